The highest BCUT2D eigenvalue weighted by Crippen LogP contribution is 2.47. The van der Waals surface area contributed by atoms with E-state index in [4.69, 9.17) is 9.47 Å². The second-order valence-corrected chi connectivity index (χ2v) is 13.2. The Morgan fingerprint density at radius 1 is 0.795 bits per heavy atom. The molecule has 0 saturated carbocycles. The fourth-order valence-electron chi connectivity index (χ4n) is 5.23. The summed E-state index contributed by atoms with van der Waals surface area (Å²) >= 11 is 1.53. The minimum Gasteiger partial charge on any atom is -0.392 e. The molecule has 0 radical (unpaired) electrons. The summed E-state index contributed by atoms with van der Waals surface area (Å²) in [6, 6.07) is 33.9. The zero-order valence-electron chi connectivity index (χ0n) is 23.7. The van der Waals surface area contributed by atoms with E-state index in [0.717, 1.165) is 27.8 Å². The van der Waals surface area contributed by atoms with Gasteiger partial charge in [0.05, 0.1) is 23.7 Å². The smallest absolute Gasteiger partial charge is 0.240 e. The zero-order chi connectivity index (χ0) is 30.4. The number of aromatic amines is 1. The van der Waals surface area contributed by atoms with Gasteiger partial charge in [-0.25, -0.2) is 18.1 Å². The molecule has 4 unspecified atom stereocenters. The first-order chi connectivity index (χ1) is 21.5. The van der Waals surface area contributed by atoms with Crippen molar-refractivity contribution in [1.82, 2.24) is 19.9 Å². The summed E-state index contributed by atoms with van der Waals surface area (Å²) in [5, 5.41) is 17.2. The van der Waals surface area contributed by atoms with E-state index in [2.05, 4.69) is 32.0 Å². The number of benzene rings is 4. The van der Waals surface area contributed by atoms with Crippen LogP contribution in [0.2, 0.25) is 0 Å². The number of hydrogen-bond acceptors (Lipinski definition) is 8. The van der Waals surface area contributed by atoms with Crippen molar-refractivity contribution in [2.45, 2.75) is 47.6 Å². The van der Waals surface area contributed by atoms with Crippen LogP contribution in [0.1, 0.15) is 46.1 Å². The second-order valence-electron chi connectivity index (χ2n) is 10.4. The maximum Gasteiger partial charge on any atom is 0.240 e. The van der Waals surface area contributed by atoms with Crippen molar-refractivity contribution < 1.29 is 23.0 Å². The van der Waals surface area contributed by atoms with Crippen molar-refractivity contribution >= 4 is 21.8 Å². The number of nitrogens with zero attached hydrogens (tertiary/aromatic N) is 2. The molecule has 4 atom stereocenters. The molecule has 0 amide bonds. The molecule has 1 aliphatic heterocycles. The Kier molecular flexibility index (Phi) is 9.51. The Balaban J connectivity index is 1.27. The van der Waals surface area contributed by atoms with E-state index in [-0.39, 0.29) is 36.2 Å². The van der Waals surface area contributed by atoms with E-state index in [1.54, 1.807) is 30.3 Å². The molecule has 1 aliphatic rings. The minimum atomic E-state index is -3.63. The van der Waals surface area contributed by atoms with Crippen LogP contribution in [0.5, 0.6) is 0 Å². The van der Waals surface area contributed by atoms with Gasteiger partial charge in [-0.15, -0.1) is 0 Å². The molecule has 0 bridgehead atoms. The summed E-state index contributed by atoms with van der Waals surface area (Å²) in [4.78, 5) is 4.50. The quantitative estimate of drug-likeness (QED) is 0.164. The average molecular weight is 629 g/mol. The van der Waals surface area contributed by atoms with Crippen LogP contribution in [-0.4, -0.2) is 40.6 Å². The fraction of sp³-hybridized carbons (Fsp3) is 0.212. The predicted molar refractivity (Wildman–Crippen MR) is 167 cm³/mol. The number of sulfonamides is 1. The number of H-pyrrole nitrogens is 1. The van der Waals surface area contributed by atoms with Crippen LogP contribution in [0.25, 0.3) is 0 Å². The summed E-state index contributed by atoms with van der Waals surface area (Å²) in [6.07, 6.45) is 0.207. The number of hydrogen-bond donors (Lipinski definition) is 3. The van der Waals surface area contributed by atoms with Gasteiger partial charge in [0.25, 0.3) is 0 Å². The lowest BCUT2D eigenvalue weighted by Crippen LogP contribution is -2.38. The molecule has 5 aromatic rings. The third kappa shape index (κ3) is 7.10. The minimum absolute atomic E-state index is 0.0377. The molecule has 226 valence electrons. The SMILES string of the molecule is O=S(=O)(NCc1ccc(C2OC(CSc3ncn[nH]3)C(c3ccccc3)C(c3ccc(CO)cc3)O2)cc1)c1ccccc1. The van der Waals surface area contributed by atoms with Crippen LogP contribution in [0.3, 0.4) is 0 Å². The molecule has 11 heteroatoms. The Morgan fingerprint density at radius 2 is 1.45 bits per heavy atom. The largest absolute Gasteiger partial charge is 0.392 e. The van der Waals surface area contributed by atoms with E-state index in [1.807, 2.05) is 66.7 Å². The molecule has 1 fully saturated rings. The molecule has 9 nitrogen and oxygen atoms in total. The van der Waals surface area contributed by atoms with E-state index in [1.165, 1.54) is 18.1 Å². The highest BCUT2D eigenvalue weighted by Gasteiger charge is 2.42. The summed E-state index contributed by atoms with van der Waals surface area (Å²) in [6.45, 7) is 0.111. The molecule has 44 heavy (non-hydrogen) atoms. The number of aliphatic hydroxyl groups is 1. The van der Waals surface area contributed by atoms with Crippen LogP contribution >= 0.6 is 11.8 Å². The second kappa shape index (κ2) is 13.9. The van der Waals surface area contributed by atoms with Gasteiger partial charge in [0.1, 0.15) is 6.33 Å². The molecule has 2 heterocycles. The van der Waals surface area contributed by atoms with Crippen LogP contribution in [-0.2, 0) is 32.6 Å². The number of aliphatic hydroxyl groups excluding tert-OH is 1. The fourth-order valence-corrected chi connectivity index (χ4v) is 7.12. The highest BCUT2D eigenvalue weighted by atomic mass is 32.2. The third-order valence-corrected chi connectivity index (χ3v) is 9.90. The van der Waals surface area contributed by atoms with E-state index >= 15 is 0 Å². The van der Waals surface area contributed by atoms with Gasteiger partial charge >= 0.3 is 0 Å². The van der Waals surface area contributed by atoms with E-state index < -0.39 is 16.3 Å². The van der Waals surface area contributed by atoms with Gasteiger partial charge in [-0.2, -0.15) is 5.10 Å². The van der Waals surface area contributed by atoms with Gasteiger partial charge in [0.15, 0.2) is 11.4 Å². The van der Waals surface area contributed by atoms with Crippen molar-refractivity contribution in [2.75, 3.05) is 5.75 Å². The maximum absolute atomic E-state index is 12.7. The number of nitrogens with one attached hydrogen (secondary N) is 2. The molecule has 3 N–H and O–H groups in total. The van der Waals surface area contributed by atoms with Crippen molar-refractivity contribution in [1.29, 1.82) is 0 Å². The number of rotatable bonds is 11. The van der Waals surface area contributed by atoms with Crippen LogP contribution in [0.4, 0.5) is 0 Å². The molecule has 0 aliphatic carbocycles. The zero-order valence-corrected chi connectivity index (χ0v) is 25.3. The molecular weight excluding hydrogens is 597 g/mol. The summed E-state index contributed by atoms with van der Waals surface area (Å²) in [5.74, 6) is 0.466. The van der Waals surface area contributed by atoms with Gasteiger partial charge in [0, 0.05) is 23.8 Å². The lowest BCUT2D eigenvalue weighted by atomic mass is 9.84. The Labute approximate surface area is 260 Å². The Hall–Kier alpha value is -3.84. The number of aromatic nitrogens is 3. The van der Waals surface area contributed by atoms with Gasteiger partial charge in [-0.3, -0.25) is 5.10 Å². The van der Waals surface area contributed by atoms with Gasteiger partial charge in [0.2, 0.25) is 10.0 Å². The monoisotopic (exact) mass is 628 g/mol. The first-order valence-electron chi connectivity index (χ1n) is 14.2. The predicted octanol–water partition coefficient (Wildman–Crippen LogP) is 5.51. The summed E-state index contributed by atoms with van der Waals surface area (Å²) in [5.41, 5.74) is 4.51. The molecule has 1 saturated heterocycles. The molecular formula is C33H32N4O5S2. The first kappa shape index (κ1) is 30.2. The van der Waals surface area contributed by atoms with Gasteiger partial charge in [-0.1, -0.05) is 109 Å². The van der Waals surface area contributed by atoms with E-state index in [0.29, 0.717) is 10.9 Å². The van der Waals surface area contributed by atoms with Gasteiger partial charge < -0.3 is 14.6 Å². The maximum atomic E-state index is 12.7. The lowest BCUT2D eigenvalue weighted by molar-refractivity contribution is -0.255. The van der Waals surface area contributed by atoms with Crippen molar-refractivity contribution in [3.63, 3.8) is 0 Å². The Bertz CT molecular complexity index is 1720. The first-order valence-corrected chi connectivity index (χ1v) is 16.6. The summed E-state index contributed by atoms with van der Waals surface area (Å²) in [7, 11) is -3.63. The normalized spacial score (nSPS) is 20.4. The van der Waals surface area contributed by atoms with Crippen molar-refractivity contribution in [3.8, 4) is 0 Å². The van der Waals surface area contributed by atoms with Crippen molar-refractivity contribution in [3.05, 3.63) is 143 Å². The van der Waals surface area contributed by atoms with Crippen LogP contribution < -0.4 is 4.72 Å². The topological polar surface area (TPSA) is 126 Å². The molecule has 0 spiro atoms. The number of thioether (sulfide) groups is 1. The van der Waals surface area contributed by atoms with Gasteiger partial charge in [-0.05, 0) is 34.4 Å². The molecule has 6 rings (SSSR count). The molecule has 4 aromatic carbocycles. The molecule has 1 aromatic heterocycles. The Morgan fingerprint density at radius 3 is 2.11 bits per heavy atom. The summed E-state index contributed by atoms with van der Waals surface area (Å²) < 4.78 is 41.5. The van der Waals surface area contributed by atoms with Crippen LogP contribution in [0.15, 0.2) is 126 Å². The lowest BCUT2D eigenvalue weighted by Gasteiger charge is -2.43. The standard InChI is InChI=1S/C33H32N4O5S2/c38-20-24-13-15-26(16-14-24)31-30(25-7-3-1-4-8-25)29(21-43-33-34-22-35-37-33)41-32(42-31)27-17-11-23(12-18-27)19-36-44(39,40)28-9-5-2-6-10-28/h1-18,22,29-32,36,38H,19-21H2,(H,34,35,37). The van der Waals surface area contributed by atoms with Crippen LogP contribution in [0, 0.1) is 0 Å². The number of ether oxygens (including phenoxy) is 2. The third-order valence-electron chi connectivity index (χ3n) is 7.52. The van der Waals surface area contributed by atoms with E-state index in [9.17, 15) is 13.5 Å². The van der Waals surface area contributed by atoms with Crippen molar-refractivity contribution in [2.24, 2.45) is 0 Å². The highest BCUT2D eigenvalue weighted by molar-refractivity contribution is 7.99. The average Bonchev–Trinajstić information content (AvgIpc) is 3.61.